The van der Waals surface area contributed by atoms with Gasteiger partial charge in [0.15, 0.2) is 0 Å². The molecule has 0 radical (unpaired) electrons. The first-order valence-corrected chi connectivity index (χ1v) is 7.51. The van der Waals surface area contributed by atoms with Crippen molar-refractivity contribution in [1.29, 1.82) is 0 Å². The molecule has 3 nitrogen and oxygen atoms in total. The van der Waals surface area contributed by atoms with E-state index in [2.05, 4.69) is 68.7 Å². The van der Waals surface area contributed by atoms with Crippen LogP contribution in [0.5, 0.6) is 0 Å². The Labute approximate surface area is 126 Å². The first kappa shape index (κ1) is 13.2. The van der Waals surface area contributed by atoms with Gasteiger partial charge in [0.2, 0.25) is 0 Å². The second-order valence-corrected chi connectivity index (χ2v) is 5.71. The molecule has 1 aromatic heterocycles. The zero-order valence-corrected chi connectivity index (χ0v) is 12.8. The summed E-state index contributed by atoms with van der Waals surface area (Å²) >= 11 is 3.48. The van der Waals surface area contributed by atoms with Crippen molar-refractivity contribution in [2.24, 2.45) is 0 Å². The minimum atomic E-state index is 0.295. The van der Waals surface area contributed by atoms with E-state index in [4.69, 9.17) is 0 Å². The van der Waals surface area contributed by atoms with E-state index in [-0.39, 0.29) is 0 Å². The number of anilines is 1. The van der Waals surface area contributed by atoms with Crippen LogP contribution >= 0.6 is 15.9 Å². The third kappa shape index (κ3) is 2.56. The summed E-state index contributed by atoms with van der Waals surface area (Å²) in [7, 11) is 0. The van der Waals surface area contributed by atoms with Gasteiger partial charge in [-0.1, -0.05) is 41.1 Å². The SMILES string of the molecule is CCC(Nc1cccc2[nH]ncc12)c1ccc(Br)cc1. The number of hydrogen-bond donors (Lipinski definition) is 2. The lowest BCUT2D eigenvalue weighted by Gasteiger charge is -2.19. The van der Waals surface area contributed by atoms with Crippen molar-refractivity contribution in [1.82, 2.24) is 10.2 Å². The van der Waals surface area contributed by atoms with E-state index in [0.29, 0.717) is 6.04 Å². The van der Waals surface area contributed by atoms with Crippen molar-refractivity contribution < 1.29 is 0 Å². The Morgan fingerprint density at radius 3 is 2.75 bits per heavy atom. The summed E-state index contributed by atoms with van der Waals surface area (Å²) in [6, 6.07) is 14.9. The highest BCUT2D eigenvalue weighted by Crippen LogP contribution is 2.28. The van der Waals surface area contributed by atoms with Gasteiger partial charge < -0.3 is 5.32 Å². The van der Waals surface area contributed by atoms with Crippen molar-refractivity contribution in [2.75, 3.05) is 5.32 Å². The summed E-state index contributed by atoms with van der Waals surface area (Å²) in [6.45, 7) is 2.19. The summed E-state index contributed by atoms with van der Waals surface area (Å²) in [5, 5.41) is 11.9. The van der Waals surface area contributed by atoms with Gasteiger partial charge in [0.1, 0.15) is 0 Å². The molecule has 0 aliphatic carbocycles. The van der Waals surface area contributed by atoms with Crippen LogP contribution in [0.1, 0.15) is 24.9 Å². The Balaban J connectivity index is 1.91. The van der Waals surface area contributed by atoms with Crippen molar-refractivity contribution >= 4 is 32.5 Å². The van der Waals surface area contributed by atoms with Gasteiger partial charge in [-0.25, -0.2) is 0 Å². The maximum absolute atomic E-state index is 4.11. The molecule has 0 aliphatic heterocycles. The van der Waals surface area contributed by atoms with E-state index in [1.165, 1.54) is 5.56 Å². The van der Waals surface area contributed by atoms with Gasteiger partial charge in [0, 0.05) is 15.5 Å². The molecule has 3 aromatic rings. The lowest BCUT2D eigenvalue weighted by Crippen LogP contribution is -2.09. The number of aromatic nitrogens is 2. The molecule has 0 amide bonds. The number of nitrogens with one attached hydrogen (secondary N) is 2. The van der Waals surface area contributed by atoms with Gasteiger partial charge in [-0.2, -0.15) is 5.10 Å². The first-order valence-electron chi connectivity index (χ1n) is 6.72. The van der Waals surface area contributed by atoms with E-state index < -0.39 is 0 Å². The predicted octanol–water partition coefficient (Wildman–Crippen LogP) is 4.89. The minimum Gasteiger partial charge on any atom is -0.378 e. The number of hydrogen-bond acceptors (Lipinski definition) is 2. The van der Waals surface area contributed by atoms with Gasteiger partial charge in [-0.05, 0) is 36.2 Å². The Morgan fingerprint density at radius 1 is 1.20 bits per heavy atom. The van der Waals surface area contributed by atoms with E-state index in [0.717, 1.165) is 27.5 Å². The van der Waals surface area contributed by atoms with Crippen LogP contribution in [0.15, 0.2) is 53.1 Å². The largest absolute Gasteiger partial charge is 0.378 e. The van der Waals surface area contributed by atoms with Gasteiger partial charge in [-0.3, -0.25) is 5.10 Å². The zero-order chi connectivity index (χ0) is 13.9. The number of nitrogens with zero attached hydrogens (tertiary/aromatic N) is 1. The lowest BCUT2D eigenvalue weighted by atomic mass is 10.0. The number of benzene rings is 2. The molecule has 1 heterocycles. The Hall–Kier alpha value is -1.81. The summed E-state index contributed by atoms with van der Waals surface area (Å²) in [5.41, 5.74) is 3.46. The van der Waals surface area contributed by atoms with Crippen molar-refractivity contribution in [3.8, 4) is 0 Å². The van der Waals surface area contributed by atoms with Crippen molar-refractivity contribution in [2.45, 2.75) is 19.4 Å². The third-order valence-electron chi connectivity index (χ3n) is 3.50. The van der Waals surface area contributed by atoms with Gasteiger partial charge in [-0.15, -0.1) is 0 Å². The van der Waals surface area contributed by atoms with Crippen molar-refractivity contribution in [3.05, 3.63) is 58.7 Å². The zero-order valence-electron chi connectivity index (χ0n) is 11.2. The van der Waals surface area contributed by atoms with Crippen LogP contribution in [-0.4, -0.2) is 10.2 Å². The topological polar surface area (TPSA) is 40.7 Å². The fourth-order valence-electron chi connectivity index (χ4n) is 2.40. The summed E-state index contributed by atoms with van der Waals surface area (Å²) in [6.07, 6.45) is 2.89. The van der Waals surface area contributed by atoms with Crippen LogP contribution in [0.3, 0.4) is 0 Å². The molecule has 0 saturated carbocycles. The lowest BCUT2D eigenvalue weighted by molar-refractivity contribution is 0.750. The molecule has 0 fully saturated rings. The highest BCUT2D eigenvalue weighted by Gasteiger charge is 2.11. The third-order valence-corrected chi connectivity index (χ3v) is 4.02. The molecule has 0 bridgehead atoms. The predicted molar refractivity (Wildman–Crippen MR) is 86.9 cm³/mol. The number of rotatable bonds is 4. The summed E-state index contributed by atoms with van der Waals surface area (Å²) in [5.74, 6) is 0. The highest BCUT2D eigenvalue weighted by atomic mass is 79.9. The van der Waals surface area contributed by atoms with Crippen LogP contribution in [0.2, 0.25) is 0 Å². The first-order chi connectivity index (χ1) is 9.78. The minimum absolute atomic E-state index is 0.295. The summed E-state index contributed by atoms with van der Waals surface area (Å²) in [4.78, 5) is 0. The molecule has 1 atom stereocenters. The molecule has 2 N–H and O–H groups in total. The van der Waals surface area contributed by atoms with E-state index in [1.807, 2.05) is 18.3 Å². The monoisotopic (exact) mass is 329 g/mol. The molecule has 1 unspecified atom stereocenters. The molecular weight excluding hydrogens is 314 g/mol. The molecule has 20 heavy (non-hydrogen) atoms. The Kier molecular flexibility index (Phi) is 3.74. The fraction of sp³-hybridized carbons (Fsp3) is 0.188. The highest BCUT2D eigenvalue weighted by molar-refractivity contribution is 9.10. The maximum atomic E-state index is 4.11. The average Bonchev–Trinajstić information content (AvgIpc) is 2.95. The maximum Gasteiger partial charge on any atom is 0.0671 e. The van der Waals surface area contributed by atoms with E-state index >= 15 is 0 Å². The van der Waals surface area contributed by atoms with Crippen LogP contribution in [0.4, 0.5) is 5.69 Å². The molecular formula is C16H16BrN3. The molecule has 0 spiro atoms. The van der Waals surface area contributed by atoms with Crippen LogP contribution < -0.4 is 5.32 Å². The quantitative estimate of drug-likeness (QED) is 0.715. The number of aromatic amines is 1. The Bertz CT molecular complexity index is 703. The van der Waals surface area contributed by atoms with Gasteiger partial charge in [0.05, 0.1) is 17.8 Å². The van der Waals surface area contributed by atoms with Crippen LogP contribution in [-0.2, 0) is 0 Å². The fourth-order valence-corrected chi connectivity index (χ4v) is 2.66. The molecule has 0 saturated heterocycles. The van der Waals surface area contributed by atoms with Gasteiger partial charge in [0.25, 0.3) is 0 Å². The Morgan fingerprint density at radius 2 is 2.00 bits per heavy atom. The van der Waals surface area contributed by atoms with E-state index in [9.17, 15) is 0 Å². The molecule has 2 aromatic carbocycles. The molecule has 3 rings (SSSR count). The number of fused-ring (bicyclic) bond motifs is 1. The van der Waals surface area contributed by atoms with Crippen LogP contribution in [0.25, 0.3) is 10.9 Å². The number of halogens is 1. The standard InChI is InChI=1S/C16H16BrN3/c1-2-14(11-6-8-12(17)9-7-11)19-15-4-3-5-16-13(15)10-18-20-16/h3-10,14,19H,2H2,1H3,(H,18,20). The molecule has 4 heteroatoms. The summed E-state index contributed by atoms with van der Waals surface area (Å²) < 4.78 is 1.10. The smallest absolute Gasteiger partial charge is 0.0671 e. The second kappa shape index (κ2) is 5.67. The van der Waals surface area contributed by atoms with Crippen molar-refractivity contribution in [3.63, 3.8) is 0 Å². The van der Waals surface area contributed by atoms with Gasteiger partial charge >= 0.3 is 0 Å². The normalized spacial score (nSPS) is 12.5. The number of H-pyrrole nitrogens is 1. The second-order valence-electron chi connectivity index (χ2n) is 4.79. The van der Waals surface area contributed by atoms with E-state index in [1.54, 1.807) is 0 Å². The molecule has 0 aliphatic rings. The average molecular weight is 330 g/mol. The molecule has 102 valence electrons. The van der Waals surface area contributed by atoms with Crippen LogP contribution in [0, 0.1) is 0 Å².